The lowest BCUT2D eigenvalue weighted by molar-refractivity contribution is -0.127. The van der Waals surface area contributed by atoms with Crippen LogP contribution in [0.5, 0.6) is 0 Å². The highest BCUT2D eigenvalue weighted by Gasteiger charge is 2.03. The molecule has 0 fully saturated rings. The minimum Gasteiger partial charge on any atom is -0.369 e. The van der Waals surface area contributed by atoms with Gasteiger partial charge in [-0.1, -0.05) is 24.3 Å². The molecule has 0 aliphatic carbocycles. The number of alkyl halides is 1. The second-order valence-electron chi connectivity index (χ2n) is 4.09. The Kier molecular flexibility index (Phi) is 6.01. The van der Waals surface area contributed by atoms with Crippen molar-refractivity contribution in [1.82, 2.24) is 5.32 Å². The van der Waals surface area contributed by atoms with Crippen LogP contribution in [-0.2, 0) is 22.0 Å². The van der Waals surface area contributed by atoms with E-state index in [-0.39, 0.29) is 18.6 Å². The fourth-order valence-corrected chi connectivity index (χ4v) is 1.48. The molecule has 0 heterocycles. The first kappa shape index (κ1) is 14.0. The fraction of sp³-hybridized carbons (Fsp3) is 0.462. The van der Waals surface area contributed by atoms with E-state index in [1.54, 1.807) is 0 Å². The van der Waals surface area contributed by atoms with Gasteiger partial charge in [-0.2, -0.15) is 0 Å². The van der Waals surface area contributed by atoms with Crippen LogP contribution in [0.15, 0.2) is 24.3 Å². The lowest BCUT2D eigenvalue weighted by Gasteiger charge is -2.09. The van der Waals surface area contributed by atoms with E-state index >= 15 is 0 Å². The zero-order valence-corrected chi connectivity index (χ0v) is 11.0. The number of halogens is 1. The Morgan fingerprint density at radius 3 is 2.76 bits per heavy atom. The van der Waals surface area contributed by atoms with E-state index in [0.29, 0.717) is 12.4 Å². The second kappa shape index (κ2) is 7.30. The fourth-order valence-electron chi connectivity index (χ4n) is 1.32. The van der Waals surface area contributed by atoms with Crippen LogP contribution in [0, 0.1) is 0 Å². The summed E-state index contributed by atoms with van der Waals surface area (Å²) >= 11 is 5.74. The van der Waals surface area contributed by atoms with Gasteiger partial charge in [0.15, 0.2) is 0 Å². The van der Waals surface area contributed by atoms with Gasteiger partial charge in [0.25, 0.3) is 0 Å². The van der Waals surface area contributed by atoms with Gasteiger partial charge in [-0.3, -0.25) is 4.79 Å². The molecule has 0 unspecified atom stereocenters. The van der Waals surface area contributed by atoms with Crippen LogP contribution in [0.4, 0.5) is 0 Å². The van der Waals surface area contributed by atoms with Crippen LogP contribution >= 0.6 is 11.6 Å². The van der Waals surface area contributed by atoms with Crippen LogP contribution < -0.4 is 5.32 Å². The van der Waals surface area contributed by atoms with E-state index in [0.717, 1.165) is 11.1 Å². The largest absolute Gasteiger partial charge is 0.369 e. The molecule has 0 aliphatic heterocycles. The summed E-state index contributed by atoms with van der Waals surface area (Å²) in [6, 6.07) is 7.83. The molecular weight excluding hydrogens is 238 g/mol. The first-order valence-electron chi connectivity index (χ1n) is 5.64. The maximum atomic E-state index is 11.4. The summed E-state index contributed by atoms with van der Waals surface area (Å²) in [5.74, 6) is 0.382. The predicted octanol–water partition coefficient (Wildman–Crippen LogP) is 2.47. The SMILES string of the molecule is CC(C)OCC(=O)NCc1cccc(CCl)c1. The standard InChI is InChI=1S/C13H18ClNO2/c1-10(2)17-9-13(16)15-8-12-5-3-4-11(6-12)7-14/h3-6,10H,7-9H2,1-2H3,(H,15,16). The molecule has 1 rings (SSSR count). The summed E-state index contributed by atoms with van der Waals surface area (Å²) in [6.45, 7) is 4.41. The molecule has 0 saturated carbocycles. The van der Waals surface area contributed by atoms with Crippen molar-refractivity contribution < 1.29 is 9.53 Å². The Morgan fingerprint density at radius 1 is 1.41 bits per heavy atom. The number of amides is 1. The molecule has 94 valence electrons. The van der Waals surface area contributed by atoms with Crippen molar-refractivity contribution in [3.8, 4) is 0 Å². The molecule has 17 heavy (non-hydrogen) atoms. The molecule has 0 radical (unpaired) electrons. The highest BCUT2D eigenvalue weighted by molar-refractivity contribution is 6.17. The van der Waals surface area contributed by atoms with Crippen molar-refractivity contribution in [3.63, 3.8) is 0 Å². The molecule has 1 N–H and O–H groups in total. The molecule has 1 aromatic rings. The summed E-state index contributed by atoms with van der Waals surface area (Å²) in [5.41, 5.74) is 2.10. The number of carbonyl (C=O) groups excluding carboxylic acids is 1. The van der Waals surface area contributed by atoms with Crippen molar-refractivity contribution in [2.24, 2.45) is 0 Å². The Morgan fingerprint density at radius 2 is 2.12 bits per heavy atom. The van der Waals surface area contributed by atoms with Gasteiger partial charge in [0.1, 0.15) is 6.61 Å². The molecule has 0 aromatic heterocycles. The third-order valence-corrected chi connectivity index (χ3v) is 2.49. The Balaban J connectivity index is 2.36. The quantitative estimate of drug-likeness (QED) is 0.793. The number of carbonyl (C=O) groups is 1. The van der Waals surface area contributed by atoms with Gasteiger partial charge in [0, 0.05) is 12.4 Å². The topological polar surface area (TPSA) is 38.3 Å². The van der Waals surface area contributed by atoms with Gasteiger partial charge in [-0.15, -0.1) is 11.6 Å². The molecule has 0 atom stereocenters. The van der Waals surface area contributed by atoms with Gasteiger partial charge >= 0.3 is 0 Å². The van der Waals surface area contributed by atoms with Gasteiger partial charge in [0.05, 0.1) is 6.10 Å². The molecule has 1 aromatic carbocycles. The zero-order chi connectivity index (χ0) is 12.7. The molecule has 1 amide bonds. The number of benzene rings is 1. The summed E-state index contributed by atoms with van der Waals surface area (Å²) in [7, 11) is 0. The third kappa shape index (κ3) is 5.71. The minimum atomic E-state index is -0.102. The number of hydrogen-bond acceptors (Lipinski definition) is 2. The van der Waals surface area contributed by atoms with Crippen molar-refractivity contribution in [2.75, 3.05) is 6.61 Å². The van der Waals surface area contributed by atoms with E-state index in [9.17, 15) is 4.79 Å². The van der Waals surface area contributed by atoms with Crippen LogP contribution in [0.2, 0.25) is 0 Å². The third-order valence-electron chi connectivity index (χ3n) is 2.18. The smallest absolute Gasteiger partial charge is 0.246 e. The minimum absolute atomic E-state index is 0.0697. The van der Waals surface area contributed by atoms with Gasteiger partial charge < -0.3 is 10.1 Å². The average molecular weight is 256 g/mol. The Hall–Kier alpha value is -1.06. The van der Waals surface area contributed by atoms with E-state index in [4.69, 9.17) is 16.3 Å². The van der Waals surface area contributed by atoms with Crippen molar-refractivity contribution in [2.45, 2.75) is 32.4 Å². The molecule has 0 bridgehead atoms. The lowest BCUT2D eigenvalue weighted by atomic mass is 10.1. The molecular formula is C13H18ClNO2. The molecule has 4 heteroatoms. The number of nitrogens with one attached hydrogen (secondary N) is 1. The van der Waals surface area contributed by atoms with Gasteiger partial charge in [0.2, 0.25) is 5.91 Å². The summed E-state index contributed by atoms with van der Waals surface area (Å²) in [4.78, 5) is 11.4. The highest BCUT2D eigenvalue weighted by atomic mass is 35.5. The molecule has 0 aliphatic rings. The van der Waals surface area contributed by atoms with E-state index in [1.807, 2.05) is 38.1 Å². The lowest BCUT2D eigenvalue weighted by Crippen LogP contribution is -2.28. The van der Waals surface area contributed by atoms with Crippen LogP contribution in [-0.4, -0.2) is 18.6 Å². The van der Waals surface area contributed by atoms with Gasteiger partial charge in [-0.05, 0) is 25.0 Å². The summed E-state index contributed by atoms with van der Waals surface area (Å²) in [5, 5.41) is 2.80. The molecule has 3 nitrogen and oxygen atoms in total. The summed E-state index contributed by atoms with van der Waals surface area (Å²) in [6.07, 6.45) is 0.0697. The monoisotopic (exact) mass is 255 g/mol. The van der Waals surface area contributed by atoms with E-state index in [1.165, 1.54) is 0 Å². The van der Waals surface area contributed by atoms with Crippen molar-refractivity contribution in [3.05, 3.63) is 35.4 Å². The van der Waals surface area contributed by atoms with Crippen LogP contribution in [0.1, 0.15) is 25.0 Å². The average Bonchev–Trinajstić information content (AvgIpc) is 2.34. The predicted molar refractivity (Wildman–Crippen MR) is 68.9 cm³/mol. The summed E-state index contributed by atoms with van der Waals surface area (Å²) < 4.78 is 5.20. The van der Waals surface area contributed by atoms with E-state index in [2.05, 4.69) is 5.32 Å². The number of ether oxygens (including phenoxy) is 1. The normalized spacial score (nSPS) is 10.6. The van der Waals surface area contributed by atoms with Crippen LogP contribution in [0.25, 0.3) is 0 Å². The number of hydrogen-bond donors (Lipinski definition) is 1. The molecule has 0 saturated heterocycles. The van der Waals surface area contributed by atoms with Crippen molar-refractivity contribution >= 4 is 17.5 Å². The number of rotatable bonds is 6. The first-order valence-corrected chi connectivity index (χ1v) is 6.17. The van der Waals surface area contributed by atoms with E-state index < -0.39 is 0 Å². The maximum absolute atomic E-state index is 11.4. The Labute approximate surface area is 107 Å². The molecule has 0 spiro atoms. The Bertz CT molecular complexity index is 366. The zero-order valence-electron chi connectivity index (χ0n) is 10.2. The first-order chi connectivity index (χ1) is 8.11. The highest BCUT2D eigenvalue weighted by Crippen LogP contribution is 2.07. The van der Waals surface area contributed by atoms with Crippen LogP contribution in [0.3, 0.4) is 0 Å². The second-order valence-corrected chi connectivity index (χ2v) is 4.36. The van der Waals surface area contributed by atoms with Crippen molar-refractivity contribution in [1.29, 1.82) is 0 Å². The van der Waals surface area contributed by atoms with Gasteiger partial charge in [-0.25, -0.2) is 0 Å². The maximum Gasteiger partial charge on any atom is 0.246 e.